The number of rotatable bonds is 14. The number of Topliss-reactive ketones (excluding diaryl/α,β-unsaturated/α-hetero) is 1. The Morgan fingerprint density at radius 2 is 1.70 bits per heavy atom. The van der Waals surface area contributed by atoms with Crippen molar-refractivity contribution < 1.29 is 28.2 Å². The molecule has 0 bridgehead atoms. The van der Waals surface area contributed by atoms with Crippen molar-refractivity contribution in [3.05, 3.63) is 17.5 Å². The Balaban J connectivity index is 1.70. The maximum Gasteiger partial charge on any atom is 0.315 e. The van der Waals surface area contributed by atoms with Gasteiger partial charge in [0, 0.05) is 32.2 Å². The van der Waals surface area contributed by atoms with Gasteiger partial charge in [0.05, 0.1) is 6.04 Å². The lowest BCUT2D eigenvalue weighted by atomic mass is 9.85. The highest BCUT2D eigenvalue weighted by molar-refractivity contribution is 7.85. The highest BCUT2D eigenvalue weighted by atomic mass is 32.2. The molecule has 4 unspecified atom stereocenters. The Morgan fingerprint density at radius 3 is 2.24 bits per heavy atom. The number of hydrogen-bond donors (Lipinski definition) is 4. The van der Waals surface area contributed by atoms with Crippen LogP contribution in [-0.2, 0) is 30.2 Å². The normalized spacial score (nSPS) is 19.6. The number of hydrogen-bond acceptors (Lipinski definition) is 7. The van der Waals surface area contributed by atoms with Gasteiger partial charge in [0.2, 0.25) is 17.6 Å². The van der Waals surface area contributed by atoms with E-state index in [0.717, 1.165) is 12.8 Å². The van der Waals surface area contributed by atoms with E-state index in [1.54, 1.807) is 11.4 Å². The number of likely N-dealkylation sites (tertiary alicyclic amines) is 1. The molecule has 1 aromatic heterocycles. The number of amides is 5. The summed E-state index contributed by atoms with van der Waals surface area (Å²) in [5.74, 6) is -2.25. The molecule has 2 fully saturated rings. The average molecular weight is 681 g/mol. The van der Waals surface area contributed by atoms with E-state index in [9.17, 15) is 28.2 Å². The molecule has 3 rings (SSSR count). The van der Waals surface area contributed by atoms with Crippen LogP contribution in [0.5, 0.6) is 0 Å². The molecular weight excluding hydrogens is 629 g/mol. The summed E-state index contributed by atoms with van der Waals surface area (Å²) in [7, 11) is 0.359. The Hall–Kier alpha value is -2.84. The number of carbonyl (C=O) groups is 5. The summed E-state index contributed by atoms with van der Waals surface area (Å²) in [4.78, 5) is 67.8. The van der Waals surface area contributed by atoms with Crippen molar-refractivity contribution in [3.8, 4) is 0 Å². The third-order valence-corrected chi connectivity index (χ3v) is 10.9. The first-order valence-corrected chi connectivity index (χ1v) is 18.1. The molecule has 0 spiro atoms. The highest BCUT2D eigenvalue weighted by Crippen LogP contribution is 2.27. The zero-order valence-electron chi connectivity index (χ0n) is 28.4. The van der Waals surface area contributed by atoms with Gasteiger partial charge in [0.1, 0.15) is 27.3 Å². The Morgan fingerprint density at radius 1 is 1.02 bits per heavy atom. The Labute approximate surface area is 279 Å². The molecule has 0 aromatic carbocycles. The molecule has 1 aliphatic heterocycles. The van der Waals surface area contributed by atoms with Gasteiger partial charge < -0.3 is 26.2 Å². The van der Waals surface area contributed by atoms with Gasteiger partial charge in [-0.2, -0.15) is 0 Å². The van der Waals surface area contributed by atoms with Crippen LogP contribution in [0.2, 0.25) is 0 Å². The van der Waals surface area contributed by atoms with Crippen LogP contribution in [0.3, 0.4) is 0 Å². The van der Waals surface area contributed by atoms with Gasteiger partial charge in [-0.1, -0.05) is 61.0 Å². The molecule has 46 heavy (non-hydrogen) atoms. The number of carbonyl (C=O) groups excluding carboxylic acids is 5. The standard InChI is InChI=1S/C32H52N6O6S2/c1-9-12-21(25(39)28(41)33-20-15-16-20)34-27(40)22-13-10-17-38(22)29(42)26(32(5,6)7)36-30(43)35-23(31(2,3)4)19-37(8)46(44)24-14-11-18-45-24/h11,14,18,20-23,26H,9-10,12-13,15-17,19H2,1-8H3,(H,33,41)(H,34,40)(H2,35,36,43)/t21?,22?,23?,26-,46?/m1/s1. The lowest BCUT2D eigenvalue weighted by Gasteiger charge is -2.37. The molecule has 1 saturated carbocycles. The largest absolute Gasteiger partial charge is 0.347 e. The van der Waals surface area contributed by atoms with Crippen molar-refractivity contribution in [2.75, 3.05) is 20.1 Å². The summed E-state index contributed by atoms with van der Waals surface area (Å²) in [6.45, 7) is 14.0. The van der Waals surface area contributed by atoms with Gasteiger partial charge in [0.25, 0.3) is 5.91 Å². The maximum atomic E-state index is 14.0. The molecule has 1 saturated heterocycles. The molecule has 14 heteroatoms. The van der Waals surface area contributed by atoms with E-state index in [-0.39, 0.29) is 6.04 Å². The molecule has 5 amide bonds. The fourth-order valence-electron chi connectivity index (χ4n) is 5.29. The molecule has 258 valence electrons. The third kappa shape index (κ3) is 10.3. The topological polar surface area (TPSA) is 157 Å². The van der Waals surface area contributed by atoms with Crippen LogP contribution in [0, 0.1) is 10.8 Å². The van der Waals surface area contributed by atoms with Crippen molar-refractivity contribution in [1.82, 2.24) is 30.5 Å². The molecule has 1 aromatic rings. The maximum absolute atomic E-state index is 14.0. The van der Waals surface area contributed by atoms with Gasteiger partial charge >= 0.3 is 6.03 Å². The first kappa shape index (κ1) is 37.6. The summed E-state index contributed by atoms with van der Waals surface area (Å²) in [6, 6.07) is -0.0479. The zero-order chi connectivity index (χ0) is 34.4. The minimum Gasteiger partial charge on any atom is -0.347 e. The Bertz CT molecular complexity index is 1270. The Kier molecular flexibility index (Phi) is 12.9. The van der Waals surface area contributed by atoms with E-state index in [0.29, 0.717) is 43.0 Å². The lowest BCUT2D eigenvalue weighted by molar-refractivity contribution is -0.143. The predicted molar refractivity (Wildman–Crippen MR) is 179 cm³/mol. The van der Waals surface area contributed by atoms with E-state index in [1.165, 1.54) is 16.2 Å². The van der Waals surface area contributed by atoms with Gasteiger partial charge in [-0.05, 0) is 54.4 Å². The van der Waals surface area contributed by atoms with Crippen molar-refractivity contribution in [1.29, 1.82) is 0 Å². The van der Waals surface area contributed by atoms with Gasteiger partial charge in [-0.15, -0.1) is 11.3 Å². The molecule has 5 atom stereocenters. The second-order valence-electron chi connectivity index (χ2n) is 14.5. The van der Waals surface area contributed by atoms with Crippen LogP contribution in [-0.4, -0.2) is 93.3 Å². The van der Waals surface area contributed by atoms with E-state index < -0.39 is 75.5 Å². The molecule has 12 nitrogen and oxygen atoms in total. The summed E-state index contributed by atoms with van der Waals surface area (Å²) < 4.78 is 15.4. The first-order valence-electron chi connectivity index (χ1n) is 16.1. The molecule has 2 heterocycles. The summed E-state index contributed by atoms with van der Waals surface area (Å²) in [5.41, 5.74) is -1.10. The van der Waals surface area contributed by atoms with Gasteiger partial charge in [-0.25, -0.2) is 13.3 Å². The number of ketones is 1. The monoisotopic (exact) mass is 680 g/mol. The van der Waals surface area contributed by atoms with E-state index in [2.05, 4.69) is 21.3 Å². The summed E-state index contributed by atoms with van der Waals surface area (Å²) >= 11 is 1.40. The van der Waals surface area contributed by atoms with Crippen LogP contribution in [0.25, 0.3) is 0 Å². The SMILES string of the molecule is CCCC(NC(=O)C1CCCN1C(=O)[C@@H](NC(=O)NC(CN(C)S(=O)c1cccs1)C(C)(C)C)C(C)(C)C)C(=O)C(=O)NC1CC1. The van der Waals surface area contributed by atoms with E-state index >= 15 is 0 Å². The average Bonchev–Trinajstić information content (AvgIpc) is 3.40. The second-order valence-corrected chi connectivity index (χ2v) is 17.2. The number of nitrogens with one attached hydrogen (secondary N) is 4. The van der Waals surface area contributed by atoms with Crippen molar-refractivity contribution >= 4 is 51.9 Å². The van der Waals surface area contributed by atoms with Gasteiger partial charge in [0.15, 0.2) is 0 Å². The number of thiophene rings is 1. The van der Waals surface area contributed by atoms with Crippen LogP contribution in [0.4, 0.5) is 4.79 Å². The van der Waals surface area contributed by atoms with Crippen LogP contribution in [0.15, 0.2) is 21.7 Å². The molecule has 0 radical (unpaired) electrons. The number of urea groups is 1. The minimum absolute atomic E-state index is 0.0196. The smallest absolute Gasteiger partial charge is 0.315 e. The summed E-state index contributed by atoms with van der Waals surface area (Å²) in [6.07, 6.45) is 3.56. The summed E-state index contributed by atoms with van der Waals surface area (Å²) in [5, 5.41) is 13.2. The number of nitrogens with zero attached hydrogens (tertiary/aromatic N) is 2. The molecule has 2 aliphatic rings. The van der Waals surface area contributed by atoms with Crippen molar-refractivity contribution in [2.45, 2.75) is 121 Å². The van der Waals surface area contributed by atoms with E-state index in [1.807, 2.05) is 66.0 Å². The lowest BCUT2D eigenvalue weighted by Crippen LogP contribution is -2.61. The number of likely N-dealkylation sites (N-methyl/N-ethyl adjacent to an activating group) is 1. The molecule has 1 aliphatic carbocycles. The van der Waals surface area contributed by atoms with Crippen LogP contribution >= 0.6 is 11.3 Å². The van der Waals surface area contributed by atoms with Gasteiger partial charge in [-0.3, -0.25) is 19.2 Å². The quantitative estimate of drug-likeness (QED) is 0.222. The van der Waals surface area contributed by atoms with Crippen molar-refractivity contribution in [2.24, 2.45) is 10.8 Å². The van der Waals surface area contributed by atoms with Crippen LogP contribution in [0.1, 0.15) is 87.0 Å². The fraction of sp³-hybridized carbons (Fsp3) is 0.719. The first-order chi connectivity index (χ1) is 21.4. The zero-order valence-corrected chi connectivity index (χ0v) is 30.1. The predicted octanol–water partition coefficient (Wildman–Crippen LogP) is 2.95. The van der Waals surface area contributed by atoms with Crippen LogP contribution < -0.4 is 21.3 Å². The fourth-order valence-corrected chi connectivity index (χ4v) is 7.41. The minimum atomic E-state index is -1.38. The van der Waals surface area contributed by atoms with Crippen molar-refractivity contribution in [3.63, 3.8) is 0 Å². The second kappa shape index (κ2) is 15.8. The molecular formula is C32H52N6O6S2. The molecule has 4 N–H and O–H groups in total. The third-order valence-electron chi connectivity index (χ3n) is 8.31. The highest BCUT2D eigenvalue weighted by Gasteiger charge is 2.43. The van der Waals surface area contributed by atoms with E-state index in [4.69, 9.17) is 0 Å².